The van der Waals surface area contributed by atoms with Gasteiger partial charge in [-0.2, -0.15) is 0 Å². The number of aliphatic hydroxyl groups is 1. The number of carbonyl (C=O) groups excluding carboxylic acids is 1. The fraction of sp³-hybridized carbons (Fsp3) is 0.300. The fourth-order valence-corrected chi connectivity index (χ4v) is 1.63. The van der Waals surface area contributed by atoms with Crippen LogP contribution in [0.4, 0.5) is 0 Å². The predicted octanol–water partition coefficient (Wildman–Crippen LogP) is 1.32. The zero-order valence-electron chi connectivity index (χ0n) is 7.93. The fourth-order valence-electron chi connectivity index (χ4n) is 0.997. The Labute approximate surface area is 87.3 Å². The summed E-state index contributed by atoms with van der Waals surface area (Å²) in [5.74, 6) is -0.0387. The Morgan fingerprint density at radius 2 is 2.07 bits per heavy atom. The van der Waals surface area contributed by atoms with Crippen LogP contribution in [0.2, 0.25) is 0 Å². The van der Waals surface area contributed by atoms with E-state index in [2.05, 4.69) is 0 Å². The molecule has 0 aromatic heterocycles. The third-order valence-corrected chi connectivity index (χ3v) is 2.78. The number of thioether (sulfide) groups is 1. The Bertz CT molecular complexity index is 308. The summed E-state index contributed by atoms with van der Waals surface area (Å²) in [5, 5.41) is 9.25. The van der Waals surface area contributed by atoms with Gasteiger partial charge in [0.1, 0.15) is 0 Å². The van der Waals surface area contributed by atoms with Gasteiger partial charge in [-0.05, 0) is 24.6 Å². The summed E-state index contributed by atoms with van der Waals surface area (Å²) in [6.45, 7) is 1.71. The van der Waals surface area contributed by atoms with Crippen molar-refractivity contribution in [3.8, 4) is 0 Å². The maximum atomic E-state index is 10.5. The minimum Gasteiger partial charge on any atom is -0.389 e. The molecular weight excluding hydrogens is 198 g/mol. The summed E-state index contributed by atoms with van der Waals surface area (Å²) in [5.41, 5.74) is 5.89. The third-order valence-electron chi connectivity index (χ3n) is 1.74. The summed E-state index contributed by atoms with van der Waals surface area (Å²) in [6, 6.07) is 7.42. The van der Waals surface area contributed by atoms with Crippen LogP contribution in [0.1, 0.15) is 18.6 Å². The lowest BCUT2D eigenvalue weighted by molar-refractivity contribution is -0.115. The van der Waals surface area contributed by atoms with Gasteiger partial charge in [0, 0.05) is 4.90 Å². The van der Waals surface area contributed by atoms with E-state index in [1.165, 1.54) is 11.8 Å². The number of rotatable bonds is 4. The summed E-state index contributed by atoms with van der Waals surface area (Å²) >= 11 is 1.39. The van der Waals surface area contributed by atoms with Crippen molar-refractivity contribution in [3.05, 3.63) is 29.8 Å². The minimum absolute atomic E-state index is 0.286. The van der Waals surface area contributed by atoms with E-state index >= 15 is 0 Å². The Hall–Kier alpha value is -1.00. The predicted molar refractivity (Wildman–Crippen MR) is 57.0 cm³/mol. The average Bonchev–Trinajstić information content (AvgIpc) is 2.15. The van der Waals surface area contributed by atoms with Crippen molar-refractivity contribution in [2.24, 2.45) is 5.73 Å². The molecule has 0 saturated heterocycles. The lowest BCUT2D eigenvalue weighted by Crippen LogP contribution is -2.12. The van der Waals surface area contributed by atoms with E-state index < -0.39 is 6.10 Å². The maximum Gasteiger partial charge on any atom is 0.227 e. The van der Waals surface area contributed by atoms with Crippen molar-refractivity contribution in [1.82, 2.24) is 0 Å². The molecule has 0 aliphatic carbocycles. The molecule has 1 rings (SSSR count). The zero-order valence-corrected chi connectivity index (χ0v) is 8.75. The summed E-state index contributed by atoms with van der Waals surface area (Å²) in [4.78, 5) is 11.5. The first-order valence-electron chi connectivity index (χ1n) is 4.28. The van der Waals surface area contributed by atoms with Gasteiger partial charge < -0.3 is 10.8 Å². The van der Waals surface area contributed by atoms with E-state index in [1.807, 2.05) is 24.3 Å². The normalized spacial score (nSPS) is 12.4. The van der Waals surface area contributed by atoms with E-state index in [-0.39, 0.29) is 11.7 Å². The van der Waals surface area contributed by atoms with Gasteiger partial charge >= 0.3 is 0 Å². The van der Waals surface area contributed by atoms with E-state index in [0.29, 0.717) is 0 Å². The highest BCUT2D eigenvalue weighted by Gasteiger charge is 2.01. The number of primary amides is 1. The van der Waals surface area contributed by atoms with Crippen LogP contribution < -0.4 is 5.73 Å². The molecular formula is C10H13NO2S. The van der Waals surface area contributed by atoms with Gasteiger partial charge in [-0.1, -0.05) is 12.1 Å². The van der Waals surface area contributed by atoms with Crippen molar-refractivity contribution in [3.63, 3.8) is 0 Å². The molecule has 1 unspecified atom stereocenters. The number of hydrogen-bond acceptors (Lipinski definition) is 3. The SMILES string of the molecule is CC(O)c1ccc(SCC(N)=O)cc1. The first-order chi connectivity index (χ1) is 6.59. The van der Waals surface area contributed by atoms with Crippen LogP contribution in [0.5, 0.6) is 0 Å². The molecule has 1 atom stereocenters. The molecule has 0 aliphatic heterocycles. The topological polar surface area (TPSA) is 63.3 Å². The number of amides is 1. The van der Waals surface area contributed by atoms with E-state index in [0.717, 1.165) is 10.5 Å². The van der Waals surface area contributed by atoms with Gasteiger partial charge in [-0.25, -0.2) is 0 Å². The molecule has 3 nitrogen and oxygen atoms in total. The van der Waals surface area contributed by atoms with Crippen LogP contribution >= 0.6 is 11.8 Å². The molecule has 76 valence electrons. The number of aliphatic hydroxyl groups excluding tert-OH is 1. The first-order valence-corrected chi connectivity index (χ1v) is 5.27. The highest BCUT2D eigenvalue weighted by atomic mass is 32.2. The van der Waals surface area contributed by atoms with Gasteiger partial charge in [0.15, 0.2) is 0 Å². The molecule has 4 heteroatoms. The molecule has 14 heavy (non-hydrogen) atoms. The summed E-state index contributed by atoms with van der Waals surface area (Å²) < 4.78 is 0. The smallest absolute Gasteiger partial charge is 0.227 e. The molecule has 0 radical (unpaired) electrons. The molecule has 0 spiro atoms. The second kappa shape index (κ2) is 5.02. The first kappa shape index (κ1) is 11.1. The van der Waals surface area contributed by atoms with Crippen molar-refractivity contribution in [2.45, 2.75) is 17.9 Å². The van der Waals surface area contributed by atoms with Gasteiger partial charge in [0.25, 0.3) is 0 Å². The Morgan fingerprint density at radius 3 is 2.50 bits per heavy atom. The summed E-state index contributed by atoms with van der Waals surface area (Å²) in [7, 11) is 0. The molecule has 0 aliphatic rings. The van der Waals surface area contributed by atoms with Crippen molar-refractivity contribution < 1.29 is 9.90 Å². The molecule has 0 bridgehead atoms. The lowest BCUT2D eigenvalue weighted by Gasteiger charge is -2.05. The quantitative estimate of drug-likeness (QED) is 0.738. The van der Waals surface area contributed by atoms with Crippen LogP contribution in [0.15, 0.2) is 29.2 Å². The second-order valence-corrected chi connectivity index (χ2v) is 4.05. The largest absolute Gasteiger partial charge is 0.389 e. The Kier molecular flexibility index (Phi) is 3.98. The minimum atomic E-state index is -0.454. The van der Waals surface area contributed by atoms with Crippen molar-refractivity contribution in [1.29, 1.82) is 0 Å². The van der Waals surface area contributed by atoms with Crippen molar-refractivity contribution >= 4 is 17.7 Å². The molecule has 0 heterocycles. The van der Waals surface area contributed by atoms with Gasteiger partial charge in [-0.15, -0.1) is 11.8 Å². The van der Waals surface area contributed by atoms with Gasteiger partial charge in [-0.3, -0.25) is 4.79 Å². The van der Waals surface area contributed by atoms with E-state index in [9.17, 15) is 9.90 Å². The second-order valence-electron chi connectivity index (χ2n) is 3.00. The lowest BCUT2D eigenvalue weighted by atomic mass is 10.1. The molecule has 3 N–H and O–H groups in total. The molecule has 0 fully saturated rings. The van der Waals surface area contributed by atoms with Crippen LogP contribution in [-0.2, 0) is 4.79 Å². The molecule has 1 amide bonds. The van der Waals surface area contributed by atoms with Crippen LogP contribution in [-0.4, -0.2) is 16.8 Å². The Morgan fingerprint density at radius 1 is 1.50 bits per heavy atom. The Balaban J connectivity index is 2.59. The van der Waals surface area contributed by atoms with Crippen LogP contribution in [0.3, 0.4) is 0 Å². The number of nitrogens with two attached hydrogens (primary N) is 1. The van der Waals surface area contributed by atoms with Gasteiger partial charge in [0.2, 0.25) is 5.91 Å². The zero-order chi connectivity index (χ0) is 10.6. The molecule has 1 aromatic rings. The molecule has 0 saturated carbocycles. The monoisotopic (exact) mass is 211 g/mol. The van der Waals surface area contributed by atoms with E-state index in [4.69, 9.17) is 5.73 Å². The summed E-state index contributed by atoms with van der Waals surface area (Å²) in [6.07, 6.45) is -0.454. The van der Waals surface area contributed by atoms with E-state index in [1.54, 1.807) is 6.92 Å². The third kappa shape index (κ3) is 3.40. The maximum absolute atomic E-state index is 10.5. The average molecular weight is 211 g/mol. The van der Waals surface area contributed by atoms with Crippen LogP contribution in [0, 0.1) is 0 Å². The van der Waals surface area contributed by atoms with Crippen molar-refractivity contribution in [2.75, 3.05) is 5.75 Å². The van der Waals surface area contributed by atoms with Gasteiger partial charge in [0.05, 0.1) is 11.9 Å². The highest BCUT2D eigenvalue weighted by Crippen LogP contribution is 2.20. The standard InChI is InChI=1S/C10H13NO2S/c1-7(12)8-2-4-9(5-3-8)14-6-10(11)13/h2-5,7,12H,6H2,1H3,(H2,11,13). The molecule has 1 aromatic carbocycles. The number of hydrogen-bond donors (Lipinski definition) is 2. The van der Waals surface area contributed by atoms with Crippen LogP contribution in [0.25, 0.3) is 0 Å². The highest BCUT2D eigenvalue weighted by molar-refractivity contribution is 8.00. The number of benzene rings is 1. The number of carbonyl (C=O) groups is 1.